The van der Waals surface area contributed by atoms with Gasteiger partial charge < -0.3 is 0 Å². The Balaban J connectivity index is -0.0000000226. The molecule has 0 spiro atoms. The fourth-order valence-corrected chi connectivity index (χ4v) is 0. The van der Waals surface area contributed by atoms with Crippen molar-refractivity contribution < 1.29 is 31.3 Å². The third-order valence-electron chi connectivity index (χ3n) is 0.333. The van der Waals surface area contributed by atoms with Gasteiger partial charge in [0.25, 0.3) is 13.6 Å². The van der Waals surface area contributed by atoms with Gasteiger partial charge in [0.15, 0.2) is 0 Å². The molecule has 4 radical (unpaired) electrons. The van der Waals surface area contributed by atoms with Gasteiger partial charge in [-0.2, -0.15) is 0 Å². The molecule has 0 aromatic carbocycles. The van der Waals surface area contributed by atoms with E-state index in [2.05, 4.69) is 39.9 Å². The van der Waals surface area contributed by atoms with Crippen LogP contribution in [0.15, 0.2) is 50.6 Å². The summed E-state index contributed by atoms with van der Waals surface area (Å²) in [7, 11) is 0. The zero-order chi connectivity index (χ0) is 10.8. The maximum absolute atomic E-state index is 7.50. The predicted octanol–water partition coefficient (Wildman–Crippen LogP) is 1.92. The molecule has 0 unspecified atom stereocenters. The molecule has 0 aliphatic rings. The molecule has 68 valence electrons. The molecular formula is C10H12O2Ti. The van der Waals surface area contributed by atoms with Crippen molar-refractivity contribution in [2.75, 3.05) is 0 Å². The van der Waals surface area contributed by atoms with Gasteiger partial charge in [-0.05, 0) is 0 Å². The summed E-state index contributed by atoms with van der Waals surface area (Å²) in [6, 6.07) is 0. The summed E-state index contributed by atoms with van der Waals surface area (Å²) in [6.07, 6.45) is 6.56. The summed E-state index contributed by atoms with van der Waals surface area (Å²) < 4.78 is 0. The Labute approximate surface area is 95.6 Å². The van der Waals surface area contributed by atoms with E-state index in [9.17, 15) is 0 Å². The Morgan fingerprint density at radius 1 is 0.615 bits per heavy atom. The van der Waals surface area contributed by atoms with Gasteiger partial charge in [0, 0.05) is 21.7 Å². The van der Waals surface area contributed by atoms with Crippen molar-refractivity contribution in [1.29, 1.82) is 0 Å². The number of carbonyl (C=O) groups excluding carboxylic acids is 2. The van der Waals surface area contributed by atoms with Crippen LogP contribution < -0.4 is 0 Å². The molecule has 2 nitrogen and oxygen atoms in total. The Morgan fingerprint density at radius 2 is 0.692 bits per heavy atom. The molecule has 3 heteroatoms. The standard InChI is InChI=1S/2C4H6.2CO.Ti/c2*1-3-4-2;2*1-2;/h2*3-4H,1-2H2;;;. The number of rotatable bonds is 2. The van der Waals surface area contributed by atoms with E-state index in [1.54, 1.807) is 24.3 Å². The summed E-state index contributed by atoms with van der Waals surface area (Å²) in [5, 5.41) is 0. The summed E-state index contributed by atoms with van der Waals surface area (Å²) in [6.45, 7) is 22.4. The summed E-state index contributed by atoms with van der Waals surface area (Å²) >= 11 is 0. The SMILES string of the molecule is C=CC=C.C=CC=C.[C]=O.[C]=O.[Ti]. The van der Waals surface area contributed by atoms with E-state index in [0.717, 1.165) is 0 Å². The van der Waals surface area contributed by atoms with E-state index in [4.69, 9.17) is 9.59 Å². The average molecular weight is 212 g/mol. The fourth-order valence-electron chi connectivity index (χ4n) is 0. The molecule has 0 heterocycles. The molecule has 0 amide bonds. The second-order valence-corrected chi connectivity index (χ2v) is 0.943. The van der Waals surface area contributed by atoms with Crippen LogP contribution in [-0.4, -0.2) is 13.6 Å². The Bertz CT molecular complexity index is 85.5. The van der Waals surface area contributed by atoms with Crippen molar-refractivity contribution in [2.24, 2.45) is 0 Å². The Kier molecular flexibility index (Phi) is 277. The molecular weight excluding hydrogens is 200 g/mol. The Hall–Kier alpha value is -0.986. The van der Waals surface area contributed by atoms with Crippen molar-refractivity contribution in [1.82, 2.24) is 0 Å². The first kappa shape index (κ1) is 29.6. The number of allylic oxidation sites excluding steroid dienone is 4. The van der Waals surface area contributed by atoms with Crippen LogP contribution in [0, 0.1) is 0 Å². The van der Waals surface area contributed by atoms with Crippen LogP contribution in [0.3, 0.4) is 0 Å². The van der Waals surface area contributed by atoms with Crippen molar-refractivity contribution in [3.63, 3.8) is 0 Å². The smallest absolute Gasteiger partial charge is 0.281 e. The van der Waals surface area contributed by atoms with Gasteiger partial charge in [0.1, 0.15) is 0 Å². The van der Waals surface area contributed by atoms with Crippen molar-refractivity contribution >= 4 is 13.6 Å². The van der Waals surface area contributed by atoms with E-state index < -0.39 is 0 Å². The number of hydrogen-bond donors (Lipinski definition) is 0. The topological polar surface area (TPSA) is 34.1 Å². The van der Waals surface area contributed by atoms with Crippen LogP contribution in [0.1, 0.15) is 0 Å². The van der Waals surface area contributed by atoms with Crippen LogP contribution in [0.5, 0.6) is 0 Å². The molecule has 0 aromatic heterocycles. The van der Waals surface area contributed by atoms with Crippen molar-refractivity contribution in [3.05, 3.63) is 50.6 Å². The van der Waals surface area contributed by atoms with Crippen LogP contribution in [-0.2, 0) is 31.3 Å². The minimum absolute atomic E-state index is 0. The van der Waals surface area contributed by atoms with Crippen LogP contribution in [0.4, 0.5) is 0 Å². The minimum atomic E-state index is 0. The van der Waals surface area contributed by atoms with E-state index in [0.29, 0.717) is 0 Å². The molecule has 0 aliphatic heterocycles. The van der Waals surface area contributed by atoms with Gasteiger partial charge in [-0.25, -0.2) is 0 Å². The molecule has 0 aliphatic carbocycles. The third-order valence-corrected chi connectivity index (χ3v) is 0.333. The normalized spacial score (nSPS) is 3.69. The van der Waals surface area contributed by atoms with Crippen LogP contribution >= 0.6 is 0 Å². The molecule has 0 N–H and O–H groups in total. The summed E-state index contributed by atoms with van der Waals surface area (Å²) in [4.78, 5) is 15.0. The molecule has 0 fully saturated rings. The maximum atomic E-state index is 7.50. The second-order valence-electron chi connectivity index (χ2n) is 0.943. The predicted molar refractivity (Wildman–Crippen MR) is 52.2 cm³/mol. The quantitative estimate of drug-likeness (QED) is 0.517. The first-order valence-corrected chi connectivity index (χ1v) is 2.71. The van der Waals surface area contributed by atoms with Gasteiger partial charge in [-0.3, -0.25) is 9.59 Å². The fraction of sp³-hybridized carbons (Fsp3) is 0. The minimum Gasteiger partial charge on any atom is -0.281 e. The van der Waals surface area contributed by atoms with Gasteiger partial charge in [-0.15, -0.1) is 0 Å². The molecule has 0 saturated heterocycles. The van der Waals surface area contributed by atoms with Crippen LogP contribution in [0.25, 0.3) is 0 Å². The zero-order valence-corrected chi connectivity index (χ0v) is 9.02. The molecule has 0 bridgehead atoms. The van der Waals surface area contributed by atoms with Crippen LogP contribution in [0.2, 0.25) is 0 Å². The molecule has 13 heavy (non-hydrogen) atoms. The summed E-state index contributed by atoms with van der Waals surface area (Å²) in [5.74, 6) is 0. The van der Waals surface area contributed by atoms with Gasteiger partial charge >= 0.3 is 0 Å². The van der Waals surface area contributed by atoms with Gasteiger partial charge in [0.2, 0.25) is 0 Å². The second kappa shape index (κ2) is 122. The largest absolute Gasteiger partial charge is 0.281 e. The first-order valence-electron chi connectivity index (χ1n) is 2.71. The molecule has 0 atom stereocenters. The van der Waals surface area contributed by atoms with E-state index in [1.807, 2.05) is 0 Å². The monoisotopic (exact) mass is 212 g/mol. The van der Waals surface area contributed by atoms with Crippen molar-refractivity contribution in [2.45, 2.75) is 0 Å². The average Bonchev–Trinajstić information content (AvgIpc) is 2.23. The molecule has 0 aromatic rings. The third kappa shape index (κ3) is 870. The van der Waals surface area contributed by atoms with E-state index in [-0.39, 0.29) is 21.7 Å². The molecule has 0 rings (SSSR count). The van der Waals surface area contributed by atoms with Gasteiger partial charge in [0.05, 0.1) is 0 Å². The first-order chi connectivity index (χ1) is 5.83. The maximum Gasteiger partial charge on any atom is 0.281 e. The summed E-state index contributed by atoms with van der Waals surface area (Å²) in [5.41, 5.74) is 0. The van der Waals surface area contributed by atoms with Gasteiger partial charge in [-0.1, -0.05) is 50.6 Å². The van der Waals surface area contributed by atoms with E-state index >= 15 is 0 Å². The van der Waals surface area contributed by atoms with Crippen molar-refractivity contribution in [3.8, 4) is 0 Å². The number of hydrogen-bond acceptors (Lipinski definition) is 2. The zero-order valence-electron chi connectivity index (χ0n) is 7.45. The Morgan fingerprint density at radius 3 is 0.692 bits per heavy atom. The molecule has 0 saturated carbocycles. The van der Waals surface area contributed by atoms with E-state index in [1.165, 1.54) is 0 Å².